The van der Waals surface area contributed by atoms with Crippen LogP contribution < -0.4 is 5.19 Å². The molecule has 1 aromatic carbocycles. The van der Waals surface area contributed by atoms with E-state index in [2.05, 4.69) is 25.7 Å². The van der Waals surface area contributed by atoms with Crippen molar-refractivity contribution in [2.24, 2.45) is 0 Å². The van der Waals surface area contributed by atoms with Crippen molar-refractivity contribution >= 4 is 20.0 Å². The largest absolute Gasteiger partial charge is 0.465 e. The summed E-state index contributed by atoms with van der Waals surface area (Å²) < 4.78 is 4.78. The van der Waals surface area contributed by atoms with Crippen LogP contribution in [0.5, 0.6) is 0 Å². The molecule has 0 atom stereocenters. The van der Waals surface area contributed by atoms with E-state index in [1.54, 1.807) is 0 Å². The molecule has 2 nitrogen and oxygen atoms in total. The summed E-state index contributed by atoms with van der Waals surface area (Å²) in [7, 11) is 0.747. The van der Waals surface area contributed by atoms with Gasteiger partial charge in [0, 0.05) is 0 Å². The molecule has 0 fully saturated rings. The Morgan fingerprint density at radius 3 is 2.69 bits per heavy atom. The maximum atomic E-state index is 11.6. The predicted octanol–water partition coefficient (Wildman–Crippen LogP) is 2.16. The van der Waals surface area contributed by atoms with Crippen molar-refractivity contribution in [2.45, 2.75) is 19.5 Å². The highest BCUT2D eigenvalue weighted by Crippen LogP contribution is 2.06. The second-order valence-electron chi connectivity index (χ2n) is 3.86. The minimum absolute atomic E-state index is 0.244. The van der Waals surface area contributed by atoms with Crippen LogP contribution in [0.15, 0.2) is 30.9 Å². The third-order valence-electron chi connectivity index (χ3n) is 2.41. The molecule has 0 saturated carbocycles. The van der Waals surface area contributed by atoms with E-state index in [0.717, 1.165) is 11.6 Å². The number of esters is 1. The molecule has 16 heavy (non-hydrogen) atoms. The molecule has 0 heterocycles. The highest BCUT2D eigenvalue weighted by molar-refractivity contribution is 6.72. The molecule has 3 heteroatoms. The lowest BCUT2D eigenvalue weighted by molar-refractivity contribution is 0.0602. The molecule has 1 rings (SSSR count). The van der Waals surface area contributed by atoms with Crippen LogP contribution in [0.3, 0.4) is 0 Å². The van der Waals surface area contributed by atoms with Crippen molar-refractivity contribution in [1.82, 2.24) is 0 Å². The van der Waals surface area contributed by atoms with Crippen molar-refractivity contribution in [2.75, 3.05) is 7.11 Å². The van der Waals surface area contributed by atoms with Crippen LogP contribution >= 0.6 is 0 Å². The Hall–Kier alpha value is -1.35. The number of hydrogen-bond donors (Lipinski definition) is 0. The molecule has 0 bridgehead atoms. The lowest BCUT2D eigenvalue weighted by Gasteiger charge is -2.11. The second-order valence-corrected chi connectivity index (χ2v) is 6.40. The van der Waals surface area contributed by atoms with Gasteiger partial charge in [-0.05, 0) is 23.2 Å². The lowest BCUT2D eigenvalue weighted by Crippen LogP contribution is -2.30. The molecule has 0 N–H and O–H groups in total. The number of methoxy groups -OCH3 is 1. The van der Waals surface area contributed by atoms with Gasteiger partial charge in [0.25, 0.3) is 0 Å². The fourth-order valence-corrected chi connectivity index (χ4v) is 2.78. The fourth-order valence-electron chi connectivity index (χ4n) is 1.59. The van der Waals surface area contributed by atoms with E-state index in [-0.39, 0.29) is 5.97 Å². The number of ether oxygens (including phenoxy) is 1. The summed E-state index contributed by atoms with van der Waals surface area (Å²) in [6, 6.07) is 5.92. The van der Waals surface area contributed by atoms with Crippen molar-refractivity contribution in [1.29, 1.82) is 0 Å². The highest BCUT2D eigenvalue weighted by atomic mass is 28.3. The molecule has 0 unspecified atom stereocenters. The van der Waals surface area contributed by atoms with Gasteiger partial charge in [0.05, 0.1) is 21.5 Å². The first-order valence-electron chi connectivity index (χ1n) is 5.22. The molecule has 0 aliphatic carbocycles. The topological polar surface area (TPSA) is 26.3 Å². The van der Waals surface area contributed by atoms with Crippen LogP contribution in [-0.2, 0) is 11.2 Å². The van der Waals surface area contributed by atoms with Gasteiger partial charge in [-0.3, -0.25) is 0 Å². The zero-order valence-electron chi connectivity index (χ0n) is 10.0. The molecule has 85 valence electrons. The molecule has 0 saturated heterocycles. The summed E-state index contributed by atoms with van der Waals surface area (Å²) in [5.74, 6) is -0.244. The van der Waals surface area contributed by atoms with Gasteiger partial charge in [0.2, 0.25) is 0 Å². The summed E-state index contributed by atoms with van der Waals surface area (Å²) in [5, 5.41) is 1.14. The molecule has 0 spiro atoms. The smallest absolute Gasteiger partial charge is 0.337 e. The van der Waals surface area contributed by atoms with Crippen molar-refractivity contribution < 1.29 is 9.53 Å². The van der Waals surface area contributed by atoms with E-state index >= 15 is 0 Å². The zero-order chi connectivity index (χ0) is 12.1. The van der Waals surface area contributed by atoms with Crippen molar-refractivity contribution in [3.63, 3.8) is 0 Å². The molecule has 0 amide bonds. The van der Waals surface area contributed by atoms with Gasteiger partial charge in [0.15, 0.2) is 0 Å². The standard InChI is InChI=1S/C13H17O2Si/c1-5-6-10-7-8-11(13(14)15-2)12(9-10)16(3)4/h5,7-9H,1,6H2,2-4H3. The first-order valence-corrected chi connectivity index (χ1v) is 7.72. The summed E-state index contributed by atoms with van der Waals surface area (Å²) in [5.41, 5.74) is 1.90. The number of carbonyl (C=O) groups is 1. The summed E-state index contributed by atoms with van der Waals surface area (Å²) >= 11 is 0. The monoisotopic (exact) mass is 233 g/mol. The maximum Gasteiger partial charge on any atom is 0.337 e. The van der Waals surface area contributed by atoms with Crippen LogP contribution in [0.2, 0.25) is 13.1 Å². The van der Waals surface area contributed by atoms with Gasteiger partial charge in [0.1, 0.15) is 0 Å². The third-order valence-corrected chi connectivity index (χ3v) is 3.90. The summed E-state index contributed by atoms with van der Waals surface area (Å²) in [4.78, 5) is 11.6. The van der Waals surface area contributed by atoms with E-state index in [1.807, 2.05) is 18.2 Å². The Bertz CT molecular complexity index is 397. The Morgan fingerprint density at radius 1 is 1.50 bits per heavy atom. The van der Waals surface area contributed by atoms with E-state index in [4.69, 9.17) is 4.74 Å². The zero-order valence-corrected chi connectivity index (χ0v) is 11.0. The molecular weight excluding hydrogens is 216 g/mol. The molecule has 0 aliphatic rings. The molecule has 1 aromatic rings. The number of benzene rings is 1. The number of allylic oxidation sites excluding steroid dienone is 1. The number of rotatable bonds is 4. The second kappa shape index (κ2) is 5.65. The van der Waals surface area contributed by atoms with Gasteiger partial charge < -0.3 is 4.74 Å². The molecule has 0 aromatic heterocycles. The van der Waals surface area contributed by atoms with Gasteiger partial charge in [-0.25, -0.2) is 4.79 Å². The van der Waals surface area contributed by atoms with Crippen molar-refractivity contribution in [3.8, 4) is 0 Å². The minimum atomic E-state index is -0.672. The number of carbonyl (C=O) groups excluding carboxylic acids is 1. The van der Waals surface area contributed by atoms with Gasteiger partial charge >= 0.3 is 5.97 Å². The van der Waals surface area contributed by atoms with Crippen LogP contribution in [0.1, 0.15) is 15.9 Å². The van der Waals surface area contributed by atoms with E-state index < -0.39 is 8.80 Å². The Morgan fingerprint density at radius 2 is 2.19 bits per heavy atom. The van der Waals surface area contributed by atoms with Gasteiger partial charge in [-0.1, -0.05) is 31.3 Å². The predicted molar refractivity (Wildman–Crippen MR) is 68.8 cm³/mol. The Labute approximate surface area is 98.5 Å². The van der Waals surface area contributed by atoms with Crippen LogP contribution in [0, 0.1) is 0 Å². The quantitative estimate of drug-likeness (QED) is 0.452. The first kappa shape index (κ1) is 12.7. The van der Waals surface area contributed by atoms with Crippen LogP contribution in [0.25, 0.3) is 0 Å². The molecular formula is C13H17O2Si. The molecule has 0 aliphatic heterocycles. The third kappa shape index (κ3) is 2.82. The summed E-state index contributed by atoms with van der Waals surface area (Å²) in [6.07, 6.45) is 2.71. The number of hydrogen-bond acceptors (Lipinski definition) is 2. The average Bonchev–Trinajstić information content (AvgIpc) is 2.28. The van der Waals surface area contributed by atoms with E-state index in [0.29, 0.717) is 5.56 Å². The van der Waals surface area contributed by atoms with Crippen LogP contribution in [-0.4, -0.2) is 21.9 Å². The van der Waals surface area contributed by atoms with Crippen molar-refractivity contribution in [3.05, 3.63) is 42.0 Å². The fraction of sp³-hybridized carbons (Fsp3) is 0.308. The lowest BCUT2D eigenvalue weighted by atomic mass is 10.1. The van der Waals surface area contributed by atoms with Crippen LogP contribution in [0.4, 0.5) is 0 Å². The van der Waals surface area contributed by atoms with Gasteiger partial charge in [-0.15, -0.1) is 6.58 Å². The Kier molecular flexibility index (Phi) is 4.49. The first-order chi connectivity index (χ1) is 7.60. The SMILES string of the molecule is C=CCc1ccc(C(=O)OC)c([Si](C)C)c1. The average molecular weight is 233 g/mol. The van der Waals surface area contributed by atoms with E-state index in [9.17, 15) is 4.79 Å². The van der Waals surface area contributed by atoms with Gasteiger partial charge in [-0.2, -0.15) is 0 Å². The Balaban J connectivity index is 3.19. The van der Waals surface area contributed by atoms with E-state index in [1.165, 1.54) is 12.7 Å². The minimum Gasteiger partial charge on any atom is -0.465 e. The molecule has 1 radical (unpaired) electrons. The summed E-state index contributed by atoms with van der Waals surface area (Å²) in [6.45, 7) is 8.06. The maximum absolute atomic E-state index is 11.6. The highest BCUT2D eigenvalue weighted by Gasteiger charge is 2.15. The normalized spacial score (nSPS) is 10.2.